The van der Waals surface area contributed by atoms with E-state index in [1.165, 1.54) is 4.90 Å². The molecule has 9 nitrogen and oxygen atoms in total. The number of urea groups is 1. The standard InChI is InChI=1S/C17H25N5O4/c1-11-8-12(16(24)25)10-21(9-11)17(26)19-13-4-3-7-22(15(13)23)14-5-6-18-20(14)2/h5-6,11-13H,3-4,7-10H2,1-2H3,(H,19,26)(H,24,25). The second kappa shape index (κ2) is 7.35. The fourth-order valence-electron chi connectivity index (χ4n) is 3.80. The summed E-state index contributed by atoms with van der Waals surface area (Å²) in [5.74, 6) is -0.786. The van der Waals surface area contributed by atoms with Crippen molar-refractivity contribution in [2.45, 2.75) is 32.2 Å². The van der Waals surface area contributed by atoms with Crippen molar-refractivity contribution in [2.24, 2.45) is 18.9 Å². The van der Waals surface area contributed by atoms with E-state index in [9.17, 15) is 19.5 Å². The highest BCUT2D eigenvalue weighted by Crippen LogP contribution is 2.23. The summed E-state index contributed by atoms with van der Waals surface area (Å²) in [4.78, 5) is 39.9. The zero-order valence-electron chi connectivity index (χ0n) is 15.1. The average Bonchev–Trinajstić information content (AvgIpc) is 3.02. The van der Waals surface area contributed by atoms with Gasteiger partial charge in [0.1, 0.15) is 11.9 Å². The Kier molecular flexibility index (Phi) is 5.15. The summed E-state index contributed by atoms with van der Waals surface area (Å²) in [6.45, 7) is 3.21. The Morgan fingerprint density at radius 1 is 1.35 bits per heavy atom. The van der Waals surface area contributed by atoms with Crippen molar-refractivity contribution in [1.82, 2.24) is 20.0 Å². The molecule has 2 aliphatic rings. The van der Waals surface area contributed by atoms with Crippen LogP contribution in [0.5, 0.6) is 0 Å². The normalized spacial score (nSPS) is 26.7. The minimum atomic E-state index is -0.884. The van der Waals surface area contributed by atoms with Crippen LogP contribution in [-0.2, 0) is 16.6 Å². The second-order valence-corrected chi connectivity index (χ2v) is 7.23. The van der Waals surface area contributed by atoms with Crippen LogP contribution in [0.2, 0.25) is 0 Å². The summed E-state index contributed by atoms with van der Waals surface area (Å²) in [6.07, 6.45) is 3.54. The molecule has 1 aromatic rings. The molecule has 0 bridgehead atoms. The first-order chi connectivity index (χ1) is 12.4. The lowest BCUT2D eigenvalue weighted by atomic mass is 9.91. The zero-order chi connectivity index (χ0) is 18.8. The smallest absolute Gasteiger partial charge is 0.318 e. The van der Waals surface area contributed by atoms with Gasteiger partial charge in [-0.1, -0.05) is 6.92 Å². The zero-order valence-corrected chi connectivity index (χ0v) is 15.1. The molecule has 0 spiro atoms. The number of hydrogen-bond donors (Lipinski definition) is 2. The van der Waals surface area contributed by atoms with Gasteiger partial charge >= 0.3 is 12.0 Å². The summed E-state index contributed by atoms with van der Waals surface area (Å²) < 4.78 is 1.63. The summed E-state index contributed by atoms with van der Waals surface area (Å²) in [7, 11) is 1.77. The number of piperidine rings is 2. The third kappa shape index (κ3) is 3.66. The third-order valence-electron chi connectivity index (χ3n) is 5.10. The number of nitrogens with one attached hydrogen (secondary N) is 1. The number of likely N-dealkylation sites (tertiary alicyclic amines) is 1. The van der Waals surface area contributed by atoms with E-state index in [1.807, 2.05) is 6.92 Å². The Bertz CT molecular complexity index is 703. The molecule has 0 aliphatic carbocycles. The first kappa shape index (κ1) is 18.2. The van der Waals surface area contributed by atoms with Crippen LogP contribution < -0.4 is 10.2 Å². The van der Waals surface area contributed by atoms with E-state index in [4.69, 9.17) is 0 Å². The third-order valence-corrected chi connectivity index (χ3v) is 5.10. The van der Waals surface area contributed by atoms with Crippen molar-refractivity contribution in [3.8, 4) is 0 Å². The molecule has 0 radical (unpaired) electrons. The van der Waals surface area contributed by atoms with Crippen molar-refractivity contribution in [3.05, 3.63) is 12.3 Å². The number of amides is 3. The molecule has 2 fully saturated rings. The van der Waals surface area contributed by atoms with Gasteiger partial charge in [0.05, 0.1) is 12.1 Å². The number of carbonyl (C=O) groups excluding carboxylic acids is 2. The fourth-order valence-corrected chi connectivity index (χ4v) is 3.80. The van der Waals surface area contributed by atoms with E-state index in [0.29, 0.717) is 31.7 Å². The van der Waals surface area contributed by atoms with Crippen LogP contribution in [-0.4, -0.2) is 63.4 Å². The first-order valence-corrected chi connectivity index (χ1v) is 8.94. The number of hydrogen-bond acceptors (Lipinski definition) is 4. The van der Waals surface area contributed by atoms with Gasteiger partial charge in [0.2, 0.25) is 0 Å². The summed E-state index contributed by atoms with van der Waals surface area (Å²) in [5, 5.41) is 16.2. The first-order valence-electron chi connectivity index (χ1n) is 8.94. The van der Waals surface area contributed by atoms with Crippen LogP contribution in [0, 0.1) is 11.8 Å². The second-order valence-electron chi connectivity index (χ2n) is 7.23. The highest BCUT2D eigenvalue weighted by Gasteiger charge is 2.36. The Balaban J connectivity index is 1.66. The molecule has 26 heavy (non-hydrogen) atoms. The molecule has 3 heterocycles. The number of carboxylic acid groups (broad SMARTS) is 1. The topological polar surface area (TPSA) is 108 Å². The van der Waals surface area contributed by atoms with Crippen molar-refractivity contribution in [1.29, 1.82) is 0 Å². The van der Waals surface area contributed by atoms with Gasteiger partial charge in [-0.15, -0.1) is 0 Å². The summed E-state index contributed by atoms with van der Waals surface area (Å²) in [5.41, 5.74) is 0. The molecule has 142 valence electrons. The predicted octanol–water partition coefficient (Wildman–Crippen LogP) is 0.668. The molecular formula is C17H25N5O4. The average molecular weight is 363 g/mol. The van der Waals surface area contributed by atoms with Crippen LogP contribution in [0.25, 0.3) is 0 Å². The molecule has 9 heteroatoms. The van der Waals surface area contributed by atoms with Crippen LogP contribution in [0.3, 0.4) is 0 Å². The van der Waals surface area contributed by atoms with Crippen molar-refractivity contribution in [3.63, 3.8) is 0 Å². The summed E-state index contributed by atoms with van der Waals surface area (Å²) in [6, 6.07) is 0.797. The number of aliphatic carboxylic acids is 1. The van der Waals surface area contributed by atoms with Gasteiger partial charge in [0, 0.05) is 32.7 Å². The lowest BCUT2D eigenvalue weighted by Gasteiger charge is -2.37. The van der Waals surface area contributed by atoms with E-state index in [1.54, 1.807) is 28.9 Å². The quantitative estimate of drug-likeness (QED) is 0.821. The molecule has 3 amide bonds. The number of carbonyl (C=O) groups is 3. The number of rotatable bonds is 3. The molecule has 3 rings (SSSR count). The SMILES string of the molecule is CC1CC(C(=O)O)CN(C(=O)NC2CCCN(c3ccnn3C)C2=O)C1. The molecule has 0 saturated carbocycles. The number of aromatic nitrogens is 2. The minimum Gasteiger partial charge on any atom is -0.481 e. The maximum atomic E-state index is 12.8. The fraction of sp³-hybridized carbons (Fsp3) is 0.647. The lowest BCUT2D eigenvalue weighted by Crippen LogP contribution is -2.57. The minimum absolute atomic E-state index is 0.114. The molecule has 2 saturated heterocycles. The van der Waals surface area contributed by atoms with Gasteiger partial charge in [0.15, 0.2) is 0 Å². The van der Waals surface area contributed by atoms with Gasteiger partial charge in [-0.25, -0.2) is 4.79 Å². The molecule has 0 aromatic carbocycles. The number of aryl methyl sites for hydroxylation is 1. The van der Waals surface area contributed by atoms with Crippen molar-refractivity contribution in [2.75, 3.05) is 24.5 Å². The Morgan fingerprint density at radius 3 is 2.77 bits per heavy atom. The highest BCUT2D eigenvalue weighted by molar-refractivity contribution is 5.99. The van der Waals surface area contributed by atoms with Crippen LogP contribution >= 0.6 is 0 Å². The largest absolute Gasteiger partial charge is 0.481 e. The van der Waals surface area contributed by atoms with Crippen molar-refractivity contribution < 1.29 is 19.5 Å². The van der Waals surface area contributed by atoms with Crippen LogP contribution in [0.1, 0.15) is 26.2 Å². The molecular weight excluding hydrogens is 338 g/mol. The lowest BCUT2D eigenvalue weighted by molar-refractivity contribution is -0.143. The molecule has 3 unspecified atom stereocenters. The van der Waals surface area contributed by atoms with Crippen LogP contribution in [0.15, 0.2) is 12.3 Å². The molecule has 1 aromatic heterocycles. The Hall–Kier alpha value is -2.58. The van der Waals surface area contributed by atoms with E-state index in [-0.39, 0.29) is 24.4 Å². The van der Waals surface area contributed by atoms with E-state index >= 15 is 0 Å². The maximum Gasteiger partial charge on any atom is 0.318 e. The maximum absolute atomic E-state index is 12.8. The number of anilines is 1. The van der Waals surface area contributed by atoms with E-state index < -0.39 is 17.9 Å². The summed E-state index contributed by atoms with van der Waals surface area (Å²) >= 11 is 0. The van der Waals surface area contributed by atoms with E-state index in [0.717, 1.165) is 6.42 Å². The molecule has 2 aliphatic heterocycles. The molecule has 2 N–H and O–H groups in total. The van der Waals surface area contributed by atoms with Gasteiger partial charge in [0.25, 0.3) is 5.91 Å². The van der Waals surface area contributed by atoms with Crippen molar-refractivity contribution >= 4 is 23.7 Å². The van der Waals surface area contributed by atoms with Gasteiger partial charge < -0.3 is 15.3 Å². The van der Waals surface area contributed by atoms with Gasteiger partial charge in [-0.05, 0) is 25.2 Å². The van der Waals surface area contributed by atoms with E-state index in [2.05, 4.69) is 10.4 Å². The Labute approximate surface area is 151 Å². The highest BCUT2D eigenvalue weighted by atomic mass is 16.4. The predicted molar refractivity (Wildman–Crippen MR) is 93.6 cm³/mol. The number of nitrogens with zero attached hydrogens (tertiary/aromatic N) is 4. The Morgan fingerprint density at radius 2 is 2.12 bits per heavy atom. The monoisotopic (exact) mass is 363 g/mol. The molecule has 3 atom stereocenters. The van der Waals surface area contributed by atoms with Gasteiger partial charge in [-0.2, -0.15) is 5.10 Å². The van der Waals surface area contributed by atoms with Crippen LogP contribution in [0.4, 0.5) is 10.6 Å². The van der Waals surface area contributed by atoms with Gasteiger partial charge in [-0.3, -0.25) is 19.2 Å². The number of carboxylic acids is 1.